The van der Waals surface area contributed by atoms with Gasteiger partial charge in [-0.1, -0.05) is 24.3 Å². The van der Waals surface area contributed by atoms with E-state index in [0.29, 0.717) is 46.0 Å². The van der Waals surface area contributed by atoms with E-state index >= 15 is 0 Å². The molecule has 0 saturated carbocycles. The number of ether oxygens (including phenoxy) is 2. The Kier molecular flexibility index (Phi) is 6.86. The van der Waals surface area contributed by atoms with Crippen molar-refractivity contribution in [2.24, 2.45) is 0 Å². The molecule has 0 saturated heterocycles. The van der Waals surface area contributed by atoms with Gasteiger partial charge in [-0.2, -0.15) is 0 Å². The van der Waals surface area contributed by atoms with Crippen LogP contribution in [0.3, 0.4) is 0 Å². The van der Waals surface area contributed by atoms with Gasteiger partial charge in [-0.15, -0.1) is 0 Å². The summed E-state index contributed by atoms with van der Waals surface area (Å²) >= 11 is 0. The average molecular weight is 937 g/mol. The van der Waals surface area contributed by atoms with Crippen LogP contribution in [0.25, 0.3) is 45.0 Å². The Bertz CT molecular complexity index is 3670. The van der Waals surface area contributed by atoms with Crippen molar-refractivity contribution in [1.82, 2.24) is 17.9 Å². The third-order valence-corrected chi connectivity index (χ3v) is 16.4. The molecule has 0 unspecified atom stereocenters. The molecule has 17 rings (SSSR count). The first-order valence-corrected chi connectivity index (χ1v) is 24.8. The second-order valence-electron chi connectivity index (χ2n) is 20.7. The molecule has 0 aliphatic carbocycles. The number of aromatic nitrogens is 4. The first kappa shape index (κ1) is 38.9. The standard InChI is InChI=1S/C60H42B2N4O6/c1-31-27-33(3)53(34(4)28-31)55-45-23-19-41-37-11-7-15-49-57(37)69-61(63(41)45)64-42(20-24-46(55)64)38-12-8-16-50(58(38)70-61)68-52-18-10-14-40-44-22-26-48-56(54-35(5)29-32(2)30-36(54)6)47-25-21-43-39-13-9-17-51(67-49)59(39)71-62(65(43)47,66(44)48)72-60(40)52/h7-30H,1-6H3. The van der Waals surface area contributed by atoms with Crippen LogP contribution in [0.2, 0.25) is 0 Å². The SMILES string of the molecule is Cc1cc(C)c([C+]2c3ccc4n3[B-]35Oc6c(cccc6-4)Oc4cccc6c4O[B-]47Oc8c(cccc8-c8ccc(n84)[C+](c4c(C)cc(C)cc4C)c4ccc-6n47)Oc4cccc(c4O3)-c3ccc2n35)c(C)c1. The Morgan fingerprint density at radius 3 is 0.861 bits per heavy atom. The Balaban J connectivity index is 0.966. The summed E-state index contributed by atoms with van der Waals surface area (Å²) in [7, 11) is 0. The molecule has 0 fully saturated rings. The highest BCUT2D eigenvalue weighted by Crippen LogP contribution is 2.61. The van der Waals surface area contributed by atoms with Crippen LogP contribution in [0.4, 0.5) is 0 Å². The second kappa shape index (κ2) is 12.7. The van der Waals surface area contributed by atoms with Crippen molar-refractivity contribution in [3.63, 3.8) is 0 Å². The predicted molar refractivity (Wildman–Crippen MR) is 278 cm³/mol. The van der Waals surface area contributed by atoms with Gasteiger partial charge in [0.2, 0.25) is 0 Å². The second-order valence-corrected chi connectivity index (χ2v) is 20.7. The molecule has 11 heterocycles. The Hall–Kier alpha value is -8.89. The van der Waals surface area contributed by atoms with E-state index in [1.807, 2.05) is 48.5 Å². The van der Waals surface area contributed by atoms with E-state index in [0.717, 1.165) is 79.6 Å². The van der Waals surface area contributed by atoms with E-state index in [9.17, 15) is 0 Å². The molecule has 72 heavy (non-hydrogen) atoms. The fourth-order valence-corrected chi connectivity index (χ4v) is 14.0. The highest BCUT2D eigenvalue weighted by Gasteiger charge is 2.59. The zero-order valence-corrected chi connectivity index (χ0v) is 40.2. The molecule has 0 atom stereocenters. The molecule has 6 bridgehead atoms. The smallest absolute Gasteiger partial charge is 0.583 e. The lowest BCUT2D eigenvalue weighted by Gasteiger charge is -2.55. The molecule has 12 heteroatoms. The van der Waals surface area contributed by atoms with Gasteiger partial charge in [0.25, 0.3) is 0 Å². The monoisotopic (exact) mass is 936 g/mol. The van der Waals surface area contributed by atoms with E-state index in [1.165, 1.54) is 44.5 Å². The van der Waals surface area contributed by atoms with Crippen molar-refractivity contribution in [3.8, 4) is 91.0 Å². The van der Waals surface area contributed by atoms with Crippen LogP contribution in [0.5, 0.6) is 46.0 Å². The van der Waals surface area contributed by atoms with Gasteiger partial charge in [-0.3, -0.25) is 0 Å². The summed E-state index contributed by atoms with van der Waals surface area (Å²) in [4.78, 5) is 0. The maximum atomic E-state index is 7.69. The number of hydrogen-bond donors (Lipinski definition) is 0. The molecular formula is C60H42B2N4O6. The third kappa shape index (κ3) is 4.44. The van der Waals surface area contributed by atoms with Gasteiger partial charge < -0.3 is 46.0 Å². The van der Waals surface area contributed by atoms with E-state index in [1.54, 1.807) is 0 Å². The first-order valence-electron chi connectivity index (χ1n) is 24.8. The van der Waals surface area contributed by atoms with Gasteiger partial charge in [0, 0.05) is 91.5 Å². The Morgan fingerprint density at radius 2 is 0.597 bits per heavy atom. The molecule has 2 spiro atoms. The van der Waals surface area contributed by atoms with Gasteiger partial charge >= 0.3 is 13.6 Å². The van der Waals surface area contributed by atoms with E-state index in [4.69, 9.17) is 28.1 Å². The normalized spacial score (nSPS) is 15.9. The van der Waals surface area contributed by atoms with Crippen molar-refractivity contribution in [2.75, 3.05) is 0 Å². The van der Waals surface area contributed by atoms with Crippen LogP contribution < -0.4 is 28.1 Å². The zero-order valence-electron chi connectivity index (χ0n) is 40.2. The quantitative estimate of drug-likeness (QED) is 0.127. The maximum Gasteiger partial charge on any atom is 0.583 e. The number of para-hydroxylation sites is 4. The predicted octanol–water partition coefficient (Wildman–Crippen LogP) is 13.2. The molecule has 7 aliphatic heterocycles. The summed E-state index contributed by atoms with van der Waals surface area (Å²) in [6.07, 6.45) is 0. The average Bonchev–Trinajstić information content (AvgIpc) is 4.19. The lowest BCUT2D eigenvalue weighted by molar-refractivity contribution is 0.299. The van der Waals surface area contributed by atoms with Gasteiger partial charge in [-0.25, -0.2) is 0 Å². The molecule has 344 valence electrons. The van der Waals surface area contributed by atoms with E-state index < -0.39 is 13.6 Å². The number of rotatable bonds is 2. The summed E-state index contributed by atoms with van der Waals surface area (Å²) in [6.45, 7) is 7.91. The van der Waals surface area contributed by atoms with Gasteiger partial charge in [0.1, 0.15) is 34.8 Å². The number of benzene rings is 6. The van der Waals surface area contributed by atoms with E-state index in [2.05, 4.69) is 157 Å². The number of fused-ring (bicyclic) bond motifs is 4. The fraction of sp³-hybridized carbons (Fsp3) is 0.100. The highest BCUT2D eigenvalue weighted by molar-refractivity contribution is 6.69. The minimum Gasteiger partial charge on any atom is -0.643 e. The summed E-state index contributed by atoms with van der Waals surface area (Å²) < 4.78 is 54.4. The van der Waals surface area contributed by atoms with Gasteiger partial charge in [0.15, 0.2) is 23.0 Å². The lowest BCUT2D eigenvalue weighted by Crippen LogP contribution is -2.68. The van der Waals surface area contributed by atoms with Crippen LogP contribution >= 0.6 is 0 Å². The minimum absolute atomic E-state index is 0.520. The third-order valence-electron chi connectivity index (χ3n) is 16.4. The topological polar surface area (TPSA) is 75.1 Å². The fourth-order valence-electron chi connectivity index (χ4n) is 14.0. The van der Waals surface area contributed by atoms with Crippen molar-refractivity contribution in [3.05, 3.63) is 225 Å². The van der Waals surface area contributed by atoms with Crippen LogP contribution in [0.15, 0.2) is 146 Å². The van der Waals surface area contributed by atoms with E-state index in [-0.39, 0.29) is 0 Å². The molecule has 0 radical (unpaired) electrons. The molecule has 6 aromatic carbocycles. The van der Waals surface area contributed by atoms with Crippen molar-refractivity contribution >= 4 is 13.6 Å². The van der Waals surface area contributed by atoms with Crippen molar-refractivity contribution < 1.29 is 28.1 Å². The first-order chi connectivity index (χ1) is 35.1. The molecule has 10 nitrogen and oxygen atoms in total. The Morgan fingerprint density at radius 1 is 0.333 bits per heavy atom. The molecule has 10 aromatic rings. The summed E-state index contributed by atoms with van der Waals surface area (Å²) in [5.74, 6) is 6.55. The molecule has 0 amide bonds. The maximum absolute atomic E-state index is 7.69. The summed E-state index contributed by atoms with van der Waals surface area (Å²) in [6, 6.07) is 51.1. The van der Waals surface area contributed by atoms with Crippen molar-refractivity contribution in [2.45, 2.75) is 41.5 Å². The van der Waals surface area contributed by atoms with Gasteiger partial charge in [0.05, 0.1) is 33.9 Å². The summed E-state index contributed by atoms with van der Waals surface area (Å²) in [5, 5.41) is 0. The number of aryl methyl sites for hydroxylation is 6. The molecule has 4 aromatic heterocycles. The molecule has 0 N–H and O–H groups in total. The molecular weight excluding hydrogens is 894 g/mol. The number of nitrogens with zero attached hydrogens (tertiary/aromatic N) is 4. The minimum atomic E-state index is -2.62. The largest absolute Gasteiger partial charge is 0.643 e. The van der Waals surface area contributed by atoms with Gasteiger partial charge in [-0.05, 0) is 150 Å². The van der Waals surface area contributed by atoms with Crippen LogP contribution in [-0.2, 0) is 0 Å². The summed E-state index contributed by atoms with van der Waals surface area (Å²) in [5.41, 5.74) is 21.0. The van der Waals surface area contributed by atoms with Crippen LogP contribution in [0.1, 0.15) is 67.3 Å². The number of hydrogen-bond acceptors (Lipinski definition) is 6. The highest BCUT2D eigenvalue weighted by atomic mass is 16.7. The lowest BCUT2D eigenvalue weighted by atomic mass is 9.73. The zero-order chi connectivity index (χ0) is 47.8. The Labute approximate surface area is 415 Å². The van der Waals surface area contributed by atoms with Crippen LogP contribution in [-0.4, -0.2) is 31.6 Å². The van der Waals surface area contributed by atoms with Crippen molar-refractivity contribution in [1.29, 1.82) is 0 Å². The van der Waals surface area contributed by atoms with Crippen LogP contribution in [0, 0.1) is 53.4 Å². The molecule has 7 aliphatic rings.